The zero-order chi connectivity index (χ0) is 14.8. The van der Waals surface area contributed by atoms with Gasteiger partial charge in [0.1, 0.15) is 23.0 Å². The van der Waals surface area contributed by atoms with Gasteiger partial charge < -0.3 is 9.52 Å². The summed E-state index contributed by atoms with van der Waals surface area (Å²) in [5.74, 6) is 0.477. The Labute approximate surface area is 117 Å². The first-order valence-electron chi connectivity index (χ1n) is 6.03. The van der Waals surface area contributed by atoms with Crippen molar-refractivity contribution in [1.82, 2.24) is 9.71 Å². The van der Waals surface area contributed by atoms with Gasteiger partial charge in [0, 0.05) is 25.0 Å². The number of aliphatic hydroxyl groups excluding tert-OH is 1. The number of nitrogens with one attached hydrogen (secondary N) is 1. The molecule has 0 atom stereocenters. The topological polar surface area (TPSA) is 92.4 Å². The molecule has 2 heterocycles. The highest BCUT2D eigenvalue weighted by molar-refractivity contribution is 7.89. The molecular weight excluding hydrogens is 280 g/mol. The first kappa shape index (κ1) is 14.7. The smallest absolute Gasteiger partial charge is 0.244 e. The largest absolute Gasteiger partial charge is 0.462 e. The molecule has 2 N–H and O–H groups in total. The third kappa shape index (κ3) is 3.06. The van der Waals surface area contributed by atoms with Crippen LogP contribution in [0.1, 0.15) is 22.6 Å². The monoisotopic (exact) mass is 296 g/mol. The number of aromatic nitrogens is 1. The molecule has 0 spiro atoms. The van der Waals surface area contributed by atoms with E-state index in [-0.39, 0.29) is 29.6 Å². The fraction of sp³-hybridized carbons (Fsp3) is 0.308. The van der Waals surface area contributed by atoms with Crippen LogP contribution in [-0.2, 0) is 23.2 Å². The van der Waals surface area contributed by atoms with E-state index in [0.29, 0.717) is 0 Å². The number of rotatable bonds is 5. The Morgan fingerprint density at radius 3 is 2.75 bits per heavy atom. The van der Waals surface area contributed by atoms with Crippen LogP contribution >= 0.6 is 0 Å². The van der Waals surface area contributed by atoms with E-state index in [1.54, 1.807) is 19.3 Å². The number of hydrogen-bond acceptors (Lipinski definition) is 5. The number of furan rings is 1. The zero-order valence-electron chi connectivity index (χ0n) is 11.3. The molecule has 0 radical (unpaired) electrons. The van der Waals surface area contributed by atoms with Crippen molar-refractivity contribution < 1.29 is 17.9 Å². The van der Waals surface area contributed by atoms with Gasteiger partial charge in [0.15, 0.2) is 0 Å². The molecule has 0 saturated heterocycles. The first-order valence-corrected chi connectivity index (χ1v) is 7.51. The van der Waals surface area contributed by atoms with E-state index < -0.39 is 10.0 Å². The molecule has 108 valence electrons. The number of sulfonamides is 1. The maximum Gasteiger partial charge on any atom is 0.244 e. The average molecular weight is 296 g/mol. The summed E-state index contributed by atoms with van der Waals surface area (Å²) in [4.78, 5) is 4.01. The maximum atomic E-state index is 12.2. The summed E-state index contributed by atoms with van der Waals surface area (Å²) < 4.78 is 32.0. The van der Waals surface area contributed by atoms with Crippen LogP contribution in [0.3, 0.4) is 0 Å². The molecule has 2 rings (SSSR count). The molecule has 0 aliphatic heterocycles. The Hall–Kier alpha value is -1.70. The normalized spacial score (nSPS) is 11.8. The molecule has 0 unspecified atom stereocenters. The van der Waals surface area contributed by atoms with E-state index in [9.17, 15) is 8.42 Å². The third-order valence-electron chi connectivity index (χ3n) is 2.97. The van der Waals surface area contributed by atoms with Gasteiger partial charge in [-0.05, 0) is 31.0 Å². The molecule has 0 aromatic carbocycles. The molecule has 0 saturated carbocycles. The Morgan fingerprint density at radius 2 is 2.15 bits per heavy atom. The zero-order valence-corrected chi connectivity index (χ0v) is 12.1. The Kier molecular flexibility index (Phi) is 4.22. The SMILES string of the molecule is Cc1ccncc1CNS(=O)(=O)c1cc(CO)oc1C. The summed E-state index contributed by atoms with van der Waals surface area (Å²) in [6, 6.07) is 3.14. The lowest BCUT2D eigenvalue weighted by molar-refractivity contribution is 0.244. The summed E-state index contributed by atoms with van der Waals surface area (Å²) in [7, 11) is -3.68. The van der Waals surface area contributed by atoms with Crippen molar-refractivity contribution in [3.05, 3.63) is 47.2 Å². The quantitative estimate of drug-likeness (QED) is 0.866. The summed E-state index contributed by atoms with van der Waals surface area (Å²) in [6.45, 7) is 3.25. The second kappa shape index (κ2) is 5.74. The van der Waals surface area contributed by atoms with Crippen LogP contribution in [0.5, 0.6) is 0 Å². The predicted molar refractivity (Wildman–Crippen MR) is 72.4 cm³/mol. The lowest BCUT2D eigenvalue weighted by atomic mass is 10.2. The molecule has 0 aliphatic carbocycles. The predicted octanol–water partition coefficient (Wildman–Crippen LogP) is 1.26. The van der Waals surface area contributed by atoms with E-state index in [0.717, 1.165) is 11.1 Å². The second-order valence-electron chi connectivity index (χ2n) is 4.42. The molecule has 6 nitrogen and oxygen atoms in total. The minimum atomic E-state index is -3.68. The van der Waals surface area contributed by atoms with Gasteiger partial charge in [0.2, 0.25) is 10.0 Å². The Balaban J connectivity index is 2.19. The minimum Gasteiger partial charge on any atom is -0.462 e. The molecular formula is C13H16N2O4S. The molecule has 2 aromatic rings. The van der Waals surface area contributed by atoms with E-state index in [4.69, 9.17) is 9.52 Å². The lowest BCUT2D eigenvalue weighted by Crippen LogP contribution is -2.23. The number of pyridine rings is 1. The van der Waals surface area contributed by atoms with Crippen molar-refractivity contribution in [1.29, 1.82) is 0 Å². The number of aliphatic hydroxyl groups is 1. The summed E-state index contributed by atoms with van der Waals surface area (Å²) in [5, 5.41) is 8.97. The van der Waals surface area contributed by atoms with Crippen LogP contribution in [0, 0.1) is 13.8 Å². The minimum absolute atomic E-state index is 0.0445. The molecule has 0 bridgehead atoms. The average Bonchev–Trinajstić information content (AvgIpc) is 2.80. The Morgan fingerprint density at radius 1 is 1.40 bits per heavy atom. The number of aryl methyl sites for hydroxylation is 2. The van der Waals surface area contributed by atoms with E-state index in [1.807, 2.05) is 13.0 Å². The van der Waals surface area contributed by atoms with Crippen molar-refractivity contribution in [3.63, 3.8) is 0 Å². The van der Waals surface area contributed by atoms with Gasteiger partial charge in [0.25, 0.3) is 0 Å². The fourth-order valence-electron chi connectivity index (χ4n) is 1.80. The van der Waals surface area contributed by atoms with Gasteiger partial charge in [-0.1, -0.05) is 0 Å². The molecule has 7 heteroatoms. The van der Waals surface area contributed by atoms with Gasteiger partial charge >= 0.3 is 0 Å². The van der Waals surface area contributed by atoms with Crippen molar-refractivity contribution in [2.24, 2.45) is 0 Å². The molecule has 0 aliphatic rings. The highest BCUT2D eigenvalue weighted by Crippen LogP contribution is 2.20. The highest BCUT2D eigenvalue weighted by Gasteiger charge is 2.21. The third-order valence-corrected chi connectivity index (χ3v) is 4.48. The number of nitrogens with zero attached hydrogens (tertiary/aromatic N) is 1. The standard InChI is InChI=1S/C13H16N2O4S/c1-9-3-4-14-6-11(9)7-15-20(17,18)13-5-12(8-16)19-10(13)2/h3-6,15-16H,7-8H2,1-2H3. The summed E-state index contributed by atoms with van der Waals surface area (Å²) >= 11 is 0. The van der Waals surface area contributed by atoms with Crippen molar-refractivity contribution in [3.8, 4) is 0 Å². The van der Waals surface area contributed by atoms with Gasteiger partial charge in [-0.25, -0.2) is 13.1 Å². The van der Waals surface area contributed by atoms with Crippen LogP contribution in [0.4, 0.5) is 0 Å². The van der Waals surface area contributed by atoms with Crippen molar-refractivity contribution >= 4 is 10.0 Å². The lowest BCUT2D eigenvalue weighted by Gasteiger charge is -2.07. The Bertz CT molecular complexity index is 707. The van der Waals surface area contributed by atoms with Gasteiger partial charge in [0.05, 0.1) is 0 Å². The van der Waals surface area contributed by atoms with Crippen LogP contribution in [-0.4, -0.2) is 18.5 Å². The van der Waals surface area contributed by atoms with E-state index >= 15 is 0 Å². The highest BCUT2D eigenvalue weighted by atomic mass is 32.2. The van der Waals surface area contributed by atoms with Crippen LogP contribution in [0.25, 0.3) is 0 Å². The van der Waals surface area contributed by atoms with Crippen LogP contribution < -0.4 is 4.72 Å². The molecule has 0 amide bonds. The molecule has 20 heavy (non-hydrogen) atoms. The van der Waals surface area contributed by atoms with Gasteiger partial charge in [-0.15, -0.1) is 0 Å². The molecule has 2 aromatic heterocycles. The first-order chi connectivity index (χ1) is 9.44. The van der Waals surface area contributed by atoms with Crippen molar-refractivity contribution in [2.75, 3.05) is 0 Å². The van der Waals surface area contributed by atoms with Crippen LogP contribution in [0.2, 0.25) is 0 Å². The van der Waals surface area contributed by atoms with Crippen molar-refractivity contribution in [2.45, 2.75) is 31.9 Å². The van der Waals surface area contributed by atoms with Gasteiger partial charge in [-0.3, -0.25) is 4.98 Å². The fourth-order valence-corrected chi connectivity index (χ4v) is 3.01. The van der Waals surface area contributed by atoms with Crippen LogP contribution in [0.15, 0.2) is 33.8 Å². The molecule has 0 fully saturated rings. The van der Waals surface area contributed by atoms with E-state index in [2.05, 4.69) is 9.71 Å². The maximum absolute atomic E-state index is 12.2. The van der Waals surface area contributed by atoms with E-state index in [1.165, 1.54) is 6.07 Å². The second-order valence-corrected chi connectivity index (χ2v) is 6.15. The summed E-state index contributed by atoms with van der Waals surface area (Å²) in [5.41, 5.74) is 1.77. The number of hydrogen-bond donors (Lipinski definition) is 2. The van der Waals surface area contributed by atoms with Gasteiger partial charge in [-0.2, -0.15) is 0 Å². The summed E-state index contributed by atoms with van der Waals surface area (Å²) in [6.07, 6.45) is 3.28.